The first-order valence-electron chi connectivity index (χ1n) is 12.8. The number of carbonyl (C=O) groups excluding carboxylic acids is 2. The number of nitrogens with zero attached hydrogens (tertiary/aromatic N) is 2. The van der Waals surface area contributed by atoms with Crippen LogP contribution in [0.2, 0.25) is 0 Å². The molecule has 1 aliphatic rings. The van der Waals surface area contributed by atoms with Crippen molar-refractivity contribution in [3.8, 4) is 0 Å². The second kappa shape index (κ2) is 11.2. The number of aromatic nitrogens is 1. The molecule has 2 N–H and O–H groups in total. The number of carbonyl (C=O) groups is 2. The van der Waals surface area contributed by atoms with Crippen LogP contribution in [0, 0.1) is 0 Å². The molecule has 1 aromatic heterocycles. The lowest BCUT2D eigenvalue weighted by atomic mass is 10.0. The van der Waals surface area contributed by atoms with Gasteiger partial charge in [0, 0.05) is 56.2 Å². The van der Waals surface area contributed by atoms with Gasteiger partial charge < -0.3 is 19.9 Å². The minimum Gasteiger partial charge on any atom is -0.444 e. The quantitative estimate of drug-likeness (QED) is 0.515. The number of alkyl carbamates (subject to hydrolysis) is 1. The molecule has 4 rings (SSSR count). The molecule has 0 radical (unpaired) electrons. The summed E-state index contributed by atoms with van der Waals surface area (Å²) in [5.74, 6) is -0.171. The van der Waals surface area contributed by atoms with Crippen molar-refractivity contribution in [2.45, 2.75) is 64.3 Å². The molecule has 0 saturated carbocycles. The average molecular weight is 491 g/mol. The molecule has 0 unspecified atom stereocenters. The number of ether oxygens (including phenoxy) is 1. The maximum Gasteiger partial charge on any atom is 0.408 e. The number of fused-ring (bicyclic) bond motifs is 1. The van der Waals surface area contributed by atoms with Crippen molar-refractivity contribution in [2.24, 2.45) is 7.05 Å². The Balaban J connectivity index is 1.41. The van der Waals surface area contributed by atoms with Gasteiger partial charge in [0.15, 0.2) is 0 Å². The van der Waals surface area contributed by atoms with Crippen molar-refractivity contribution in [2.75, 3.05) is 13.1 Å². The number of para-hydroxylation sites is 1. The Bertz CT molecular complexity index is 1170. The van der Waals surface area contributed by atoms with Crippen molar-refractivity contribution in [3.63, 3.8) is 0 Å². The maximum absolute atomic E-state index is 13.4. The van der Waals surface area contributed by atoms with Crippen LogP contribution in [0.25, 0.3) is 10.9 Å². The highest BCUT2D eigenvalue weighted by atomic mass is 16.6. The highest BCUT2D eigenvalue weighted by Crippen LogP contribution is 2.22. The van der Waals surface area contributed by atoms with E-state index in [1.807, 2.05) is 52.2 Å². The van der Waals surface area contributed by atoms with Gasteiger partial charge in [-0.05, 0) is 50.8 Å². The van der Waals surface area contributed by atoms with E-state index in [1.54, 1.807) is 0 Å². The monoisotopic (exact) mass is 490 g/mol. The maximum atomic E-state index is 13.4. The molecule has 2 amide bonds. The first-order valence-corrected chi connectivity index (χ1v) is 12.8. The Morgan fingerprint density at radius 3 is 2.39 bits per heavy atom. The molecule has 1 aliphatic heterocycles. The van der Waals surface area contributed by atoms with E-state index >= 15 is 0 Å². The average Bonchev–Trinajstić information content (AvgIpc) is 3.15. The van der Waals surface area contributed by atoms with Crippen LogP contribution in [0.1, 0.15) is 44.7 Å². The highest BCUT2D eigenvalue weighted by Gasteiger charge is 2.28. The predicted octanol–water partition coefficient (Wildman–Crippen LogP) is 4.39. The van der Waals surface area contributed by atoms with Crippen molar-refractivity contribution in [1.82, 2.24) is 20.1 Å². The number of aryl methyl sites for hydroxylation is 1. The summed E-state index contributed by atoms with van der Waals surface area (Å²) in [4.78, 5) is 28.5. The number of hydrogen-bond acceptors (Lipinski definition) is 4. The van der Waals surface area contributed by atoms with Gasteiger partial charge >= 0.3 is 6.09 Å². The van der Waals surface area contributed by atoms with Crippen LogP contribution < -0.4 is 10.6 Å². The Hall–Kier alpha value is -3.32. The molecule has 0 spiro atoms. The molecule has 0 aliphatic carbocycles. The summed E-state index contributed by atoms with van der Waals surface area (Å²) in [7, 11) is 1.99. The van der Waals surface area contributed by atoms with E-state index in [-0.39, 0.29) is 11.9 Å². The van der Waals surface area contributed by atoms with Gasteiger partial charge in [0.05, 0.1) is 0 Å². The highest BCUT2D eigenvalue weighted by molar-refractivity contribution is 5.88. The van der Waals surface area contributed by atoms with Crippen LogP contribution in [0.15, 0.2) is 60.8 Å². The molecule has 192 valence electrons. The SMILES string of the molecule is Cn1cc(C[C@H](NC(=O)OC(C)(C)C)C(=O)NC2CCN(Cc3ccccc3)CC2)c2ccccc21. The Morgan fingerprint density at radius 1 is 1.03 bits per heavy atom. The third-order valence-corrected chi connectivity index (χ3v) is 6.59. The molecule has 2 aromatic carbocycles. The van der Waals surface area contributed by atoms with Crippen LogP contribution in [-0.4, -0.2) is 52.2 Å². The smallest absolute Gasteiger partial charge is 0.408 e. The molecule has 1 saturated heterocycles. The topological polar surface area (TPSA) is 75.6 Å². The van der Waals surface area contributed by atoms with Gasteiger partial charge in [0.2, 0.25) is 5.91 Å². The molecule has 7 nitrogen and oxygen atoms in total. The van der Waals surface area contributed by atoms with Gasteiger partial charge in [0.1, 0.15) is 11.6 Å². The molecule has 2 heterocycles. The molecular weight excluding hydrogens is 452 g/mol. The zero-order chi connectivity index (χ0) is 25.7. The van der Waals surface area contributed by atoms with E-state index in [4.69, 9.17) is 4.74 Å². The van der Waals surface area contributed by atoms with Crippen molar-refractivity contribution >= 4 is 22.9 Å². The number of benzene rings is 2. The molecule has 1 fully saturated rings. The number of rotatable bonds is 7. The van der Waals surface area contributed by atoms with Gasteiger partial charge in [-0.3, -0.25) is 9.69 Å². The molecular formula is C29H38N4O3. The normalized spacial score (nSPS) is 16.0. The van der Waals surface area contributed by atoms with Crippen molar-refractivity contribution in [3.05, 3.63) is 71.9 Å². The lowest BCUT2D eigenvalue weighted by Gasteiger charge is -2.33. The second-order valence-electron chi connectivity index (χ2n) is 10.7. The molecule has 1 atom stereocenters. The minimum atomic E-state index is -0.729. The third-order valence-electron chi connectivity index (χ3n) is 6.59. The third kappa shape index (κ3) is 6.88. The van der Waals surface area contributed by atoms with Crippen LogP contribution in [0.5, 0.6) is 0 Å². The van der Waals surface area contributed by atoms with Crippen LogP contribution in [0.3, 0.4) is 0 Å². The molecule has 7 heteroatoms. The Kier molecular flexibility index (Phi) is 7.99. The summed E-state index contributed by atoms with van der Waals surface area (Å²) in [6, 6.07) is 17.9. The zero-order valence-electron chi connectivity index (χ0n) is 21.8. The van der Waals surface area contributed by atoms with Crippen molar-refractivity contribution in [1.29, 1.82) is 0 Å². The van der Waals surface area contributed by atoms with Gasteiger partial charge in [-0.25, -0.2) is 4.79 Å². The molecule has 0 bridgehead atoms. The fraction of sp³-hybridized carbons (Fsp3) is 0.448. The van der Waals surface area contributed by atoms with Gasteiger partial charge in [-0.2, -0.15) is 0 Å². The number of hydrogen-bond donors (Lipinski definition) is 2. The van der Waals surface area contributed by atoms with E-state index < -0.39 is 17.7 Å². The van der Waals surface area contributed by atoms with E-state index in [0.29, 0.717) is 6.42 Å². The number of amides is 2. The summed E-state index contributed by atoms with van der Waals surface area (Å²) >= 11 is 0. The Labute approximate surface area is 213 Å². The largest absolute Gasteiger partial charge is 0.444 e. The first-order chi connectivity index (χ1) is 17.2. The zero-order valence-corrected chi connectivity index (χ0v) is 21.8. The first kappa shape index (κ1) is 25.8. The minimum absolute atomic E-state index is 0.0833. The fourth-order valence-electron chi connectivity index (χ4n) is 4.85. The van der Waals surface area contributed by atoms with E-state index in [9.17, 15) is 9.59 Å². The summed E-state index contributed by atoms with van der Waals surface area (Å²) in [6.07, 6.45) is 3.60. The van der Waals surface area contributed by atoms with Gasteiger partial charge in [-0.1, -0.05) is 48.5 Å². The molecule has 3 aromatic rings. The van der Waals surface area contributed by atoms with Crippen LogP contribution in [0.4, 0.5) is 4.79 Å². The number of likely N-dealkylation sites (tertiary alicyclic amines) is 1. The number of nitrogens with one attached hydrogen (secondary N) is 2. The molecule has 36 heavy (non-hydrogen) atoms. The van der Waals surface area contributed by atoms with E-state index in [2.05, 4.69) is 56.5 Å². The van der Waals surface area contributed by atoms with Crippen LogP contribution >= 0.6 is 0 Å². The fourth-order valence-corrected chi connectivity index (χ4v) is 4.85. The van der Waals surface area contributed by atoms with Gasteiger partial charge in [-0.15, -0.1) is 0 Å². The summed E-state index contributed by atoms with van der Waals surface area (Å²) in [5, 5.41) is 7.12. The summed E-state index contributed by atoms with van der Waals surface area (Å²) in [5.41, 5.74) is 2.77. The predicted molar refractivity (Wildman–Crippen MR) is 143 cm³/mol. The van der Waals surface area contributed by atoms with Gasteiger partial charge in [0.25, 0.3) is 0 Å². The van der Waals surface area contributed by atoms with E-state index in [0.717, 1.165) is 48.9 Å². The summed E-state index contributed by atoms with van der Waals surface area (Å²) in [6.45, 7) is 8.22. The number of piperidine rings is 1. The van der Waals surface area contributed by atoms with E-state index in [1.165, 1.54) is 5.56 Å². The van der Waals surface area contributed by atoms with Crippen LogP contribution in [-0.2, 0) is 29.5 Å². The lowest BCUT2D eigenvalue weighted by molar-refractivity contribution is -0.124. The Morgan fingerprint density at radius 2 is 1.69 bits per heavy atom. The standard InChI is InChI=1S/C29H38N4O3/c1-29(2,3)36-28(35)31-25(18-22-20-32(4)26-13-9-8-12-24(22)26)27(34)30-23-14-16-33(17-15-23)19-21-10-6-5-7-11-21/h5-13,20,23,25H,14-19H2,1-4H3,(H,30,34)(H,31,35)/t25-/m0/s1. The summed E-state index contributed by atoms with van der Waals surface area (Å²) < 4.78 is 7.52. The second-order valence-corrected chi connectivity index (χ2v) is 10.7. The lowest BCUT2D eigenvalue weighted by Crippen LogP contribution is -2.53. The van der Waals surface area contributed by atoms with Crippen molar-refractivity contribution < 1.29 is 14.3 Å².